The minimum Gasteiger partial charge on any atom is -0.507 e. The Morgan fingerprint density at radius 2 is 2.04 bits per heavy atom. The number of carboxylic acid groups (broad SMARTS) is 1. The molecule has 0 aliphatic carbocycles. The lowest BCUT2D eigenvalue weighted by Crippen LogP contribution is -2.22. The number of phenolic OH excluding ortho intramolecular Hbond substituents is 1. The first-order valence-electron chi connectivity index (χ1n) is 8.32. The molecule has 2 aromatic carbocycles. The third kappa shape index (κ3) is 3.36. The van der Waals surface area contributed by atoms with Gasteiger partial charge in [-0.2, -0.15) is 0 Å². The average molecular weight is 388 g/mol. The number of fused-ring (bicyclic) bond motifs is 1. The molecule has 1 atom stereocenters. The number of ether oxygens (including phenoxy) is 1. The molecule has 2 N–H and O–H groups in total. The Morgan fingerprint density at radius 3 is 2.63 bits per heavy atom. The summed E-state index contributed by atoms with van der Waals surface area (Å²) in [6.45, 7) is 1.74. The van der Waals surface area contributed by atoms with Crippen molar-refractivity contribution in [2.75, 3.05) is 7.11 Å². The Kier molecular flexibility index (Phi) is 5.10. The average Bonchev–Trinajstić information content (AvgIpc) is 2.63. The first-order chi connectivity index (χ1) is 12.9. The second-order valence-electron chi connectivity index (χ2n) is 6.09. The van der Waals surface area contributed by atoms with Crippen LogP contribution >= 0.6 is 11.6 Å². The van der Waals surface area contributed by atoms with Crippen molar-refractivity contribution in [1.29, 1.82) is 0 Å². The van der Waals surface area contributed by atoms with Crippen LogP contribution in [-0.4, -0.2) is 27.9 Å². The number of nitrogens with zero attached hydrogens (tertiary/aromatic N) is 1. The van der Waals surface area contributed by atoms with Gasteiger partial charge < -0.3 is 19.5 Å². The van der Waals surface area contributed by atoms with E-state index in [1.54, 1.807) is 37.3 Å². The number of hydrogen-bond acceptors (Lipinski definition) is 4. The van der Waals surface area contributed by atoms with Crippen molar-refractivity contribution in [2.45, 2.75) is 19.4 Å². The second-order valence-corrected chi connectivity index (χ2v) is 6.53. The SMILES string of the molecule is CCC(C(=O)O)n1cc(-c2cccc(Cl)c2)c(=O)c2c(O)cc(OC)cc21. The molecule has 0 saturated carbocycles. The number of rotatable bonds is 5. The number of benzene rings is 2. The highest BCUT2D eigenvalue weighted by atomic mass is 35.5. The minimum absolute atomic E-state index is 0.0352. The molecule has 0 fully saturated rings. The molecule has 1 unspecified atom stereocenters. The molecule has 1 heterocycles. The molecule has 3 aromatic rings. The van der Waals surface area contributed by atoms with E-state index in [-0.39, 0.29) is 22.2 Å². The van der Waals surface area contributed by atoms with Crippen molar-refractivity contribution in [3.8, 4) is 22.6 Å². The van der Waals surface area contributed by atoms with Gasteiger partial charge in [-0.25, -0.2) is 4.79 Å². The first-order valence-corrected chi connectivity index (χ1v) is 8.69. The Labute approximate surface area is 160 Å². The van der Waals surface area contributed by atoms with E-state index >= 15 is 0 Å². The molecule has 27 heavy (non-hydrogen) atoms. The first kappa shape index (κ1) is 18.8. The predicted molar refractivity (Wildman–Crippen MR) is 104 cm³/mol. The van der Waals surface area contributed by atoms with Gasteiger partial charge in [0.25, 0.3) is 0 Å². The third-order valence-corrected chi connectivity index (χ3v) is 4.70. The molecule has 0 radical (unpaired) electrons. The van der Waals surface area contributed by atoms with Gasteiger partial charge in [-0.1, -0.05) is 30.7 Å². The second kappa shape index (κ2) is 7.32. The van der Waals surface area contributed by atoms with Crippen molar-refractivity contribution >= 4 is 28.5 Å². The lowest BCUT2D eigenvalue weighted by atomic mass is 10.0. The molecule has 6 nitrogen and oxygen atoms in total. The third-order valence-electron chi connectivity index (χ3n) is 4.47. The monoisotopic (exact) mass is 387 g/mol. The molecular formula is C20H18ClNO5. The van der Waals surface area contributed by atoms with E-state index in [4.69, 9.17) is 16.3 Å². The Bertz CT molecular complexity index is 1090. The molecule has 0 aliphatic heterocycles. The van der Waals surface area contributed by atoms with E-state index in [1.807, 2.05) is 0 Å². The lowest BCUT2D eigenvalue weighted by molar-refractivity contribution is -0.140. The highest BCUT2D eigenvalue weighted by Crippen LogP contribution is 2.33. The van der Waals surface area contributed by atoms with Gasteiger partial charge in [0.1, 0.15) is 17.5 Å². The lowest BCUT2D eigenvalue weighted by Gasteiger charge is -2.20. The zero-order chi connectivity index (χ0) is 19.7. The number of carbonyl (C=O) groups is 1. The Morgan fingerprint density at radius 1 is 1.30 bits per heavy atom. The molecule has 0 saturated heterocycles. The van der Waals surface area contributed by atoms with Crippen LogP contribution in [0.1, 0.15) is 19.4 Å². The summed E-state index contributed by atoms with van der Waals surface area (Å²) in [6.07, 6.45) is 1.79. The van der Waals surface area contributed by atoms with Crippen LogP contribution in [0.5, 0.6) is 11.5 Å². The fourth-order valence-corrected chi connectivity index (χ4v) is 3.34. The van der Waals surface area contributed by atoms with Crippen LogP contribution in [-0.2, 0) is 4.79 Å². The van der Waals surface area contributed by atoms with Crippen LogP contribution in [0.2, 0.25) is 5.02 Å². The molecular weight excluding hydrogens is 370 g/mol. The van der Waals surface area contributed by atoms with Crippen molar-refractivity contribution in [1.82, 2.24) is 4.57 Å². The minimum atomic E-state index is -1.04. The summed E-state index contributed by atoms with van der Waals surface area (Å²) in [5.41, 5.74) is 0.671. The van der Waals surface area contributed by atoms with Gasteiger partial charge in [-0.3, -0.25) is 4.79 Å². The van der Waals surface area contributed by atoms with E-state index < -0.39 is 17.4 Å². The molecule has 0 spiro atoms. The number of phenols is 1. The molecule has 3 rings (SSSR count). The Balaban J connectivity index is 2.46. The van der Waals surface area contributed by atoms with Crippen molar-refractivity contribution < 1.29 is 19.7 Å². The maximum atomic E-state index is 13.1. The number of pyridine rings is 1. The summed E-state index contributed by atoms with van der Waals surface area (Å²) in [6, 6.07) is 8.67. The summed E-state index contributed by atoms with van der Waals surface area (Å²) < 4.78 is 6.65. The molecule has 140 valence electrons. The van der Waals surface area contributed by atoms with Crippen LogP contribution in [0.15, 0.2) is 47.4 Å². The van der Waals surface area contributed by atoms with E-state index in [9.17, 15) is 19.8 Å². The highest BCUT2D eigenvalue weighted by molar-refractivity contribution is 6.30. The van der Waals surface area contributed by atoms with Gasteiger partial charge in [-0.15, -0.1) is 0 Å². The zero-order valence-electron chi connectivity index (χ0n) is 14.8. The van der Waals surface area contributed by atoms with Gasteiger partial charge in [0, 0.05) is 28.9 Å². The number of hydrogen-bond donors (Lipinski definition) is 2. The Hall–Kier alpha value is -2.99. The van der Waals surface area contributed by atoms with E-state index in [0.29, 0.717) is 22.8 Å². The van der Waals surface area contributed by atoms with Gasteiger partial charge in [0.2, 0.25) is 5.43 Å². The number of aromatic nitrogens is 1. The number of halogens is 1. The van der Waals surface area contributed by atoms with Crippen molar-refractivity contribution in [3.05, 3.63) is 57.8 Å². The molecule has 0 amide bonds. The van der Waals surface area contributed by atoms with E-state index in [1.165, 1.54) is 23.9 Å². The van der Waals surface area contributed by atoms with Crippen molar-refractivity contribution in [3.63, 3.8) is 0 Å². The maximum Gasteiger partial charge on any atom is 0.326 e. The van der Waals surface area contributed by atoms with Crippen LogP contribution in [0.25, 0.3) is 22.0 Å². The highest BCUT2D eigenvalue weighted by Gasteiger charge is 2.23. The molecule has 1 aromatic heterocycles. The van der Waals surface area contributed by atoms with E-state index in [2.05, 4.69) is 0 Å². The van der Waals surface area contributed by atoms with E-state index in [0.717, 1.165) is 0 Å². The largest absolute Gasteiger partial charge is 0.507 e. The fraction of sp³-hybridized carbons (Fsp3) is 0.200. The summed E-state index contributed by atoms with van der Waals surface area (Å²) >= 11 is 6.05. The maximum absolute atomic E-state index is 13.1. The summed E-state index contributed by atoms with van der Waals surface area (Å²) in [7, 11) is 1.43. The van der Waals surface area contributed by atoms with Crippen molar-refractivity contribution in [2.24, 2.45) is 0 Å². The normalized spacial score (nSPS) is 12.1. The summed E-state index contributed by atoms with van der Waals surface area (Å²) in [5, 5.41) is 20.6. The number of aromatic hydroxyl groups is 1. The summed E-state index contributed by atoms with van der Waals surface area (Å²) in [5.74, 6) is -0.988. The number of carboxylic acids is 1. The number of methoxy groups -OCH3 is 1. The van der Waals surface area contributed by atoms with Gasteiger partial charge in [0.15, 0.2) is 0 Å². The standard InChI is InChI=1S/C20H18ClNO5/c1-3-15(20(25)26)22-10-14(11-5-4-6-12(21)7-11)19(24)18-16(22)8-13(27-2)9-17(18)23/h4-10,15,23H,3H2,1-2H3,(H,25,26). The molecule has 0 aliphatic rings. The van der Waals surface area contributed by atoms with Crippen LogP contribution in [0.3, 0.4) is 0 Å². The molecule has 0 bridgehead atoms. The zero-order valence-corrected chi connectivity index (χ0v) is 15.5. The van der Waals surface area contributed by atoms with Crippen LogP contribution in [0.4, 0.5) is 0 Å². The smallest absolute Gasteiger partial charge is 0.326 e. The quantitative estimate of drug-likeness (QED) is 0.688. The fourth-order valence-electron chi connectivity index (χ4n) is 3.15. The van der Waals surface area contributed by atoms with Crippen LogP contribution in [0, 0.1) is 0 Å². The van der Waals surface area contributed by atoms with Gasteiger partial charge in [-0.05, 0) is 24.1 Å². The van der Waals surface area contributed by atoms with Gasteiger partial charge >= 0.3 is 5.97 Å². The summed E-state index contributed by atoms with van der Waals surface area (Å²) in [4.78, 5) is 24.9. The number of aliphatic carboxylic acids is 1. The topological polar surface area (TPSA) is 88.8 Å². The van der Waals surface area contributed by atoms with Crippen LogP contribution < -0.4 is 10.2 Å². The predicted octanol–water partition coefficient (Wildman–Crippen LogP) is 4.07. The van der Waals surface area contributed by atoms with Gasteiger partial charge in [0.05, 0.1) is 18.0 Å². The molecule has 7 heteroatoms.